The van der Waals surface area contributed by atoms with Gasteiger partial charge in [-0.3, -0.25) is 4.79 Å². The molecule has 5 heteroatoms. The van der Waals surface area contributed by atoms with Crippen molar-refractivity contribution in [3.05, 3.63) is 28.6 Å². The summed E-state index contributed by atoms with van der Waals surface area (Å²) in [6.45, 7) is 2.02. The molecule has 1 aromatic carbocycles. The molecule has 1 heterocycles. The number of nitrogens with two attached hydrogens (primary N) is 1. The molecule has 1 aliphatic carbocycles. The van der Waals surface area contributed by atoms with Crippen LogP contribution in [0.15, 0.2) is 18.2 Å². The molecule has 1 aromatic heterocycles. The highest BCUT2D eigenvalue weighted by Gasteiger charge is 2.31. The third-order valence-corrected chi connectivity index (χ3v) is 5.04. The van der Waals surface area contributed by atoms with E-state index in [0.29, 0.717) is 10.6 Å². The Kier molecular flexibility index (Phi) is 3.40. The number of amides is 1. The van der Waals surface area contributed by atoms with Gasteiger partial charge < -0.3 is 15.8 Å². The molecule has 3 N–H and O–H groups in total. The first kappa shape index (κ1) is 13.4. The van der Waals surface area contributed by atoms with Crippen LogP contribution in [0.5, 0.6) is 0 Å². The van der Waals surface area contributed by atoms with E-state index >= 15 is 0 Å². The standard InChI is InChI=1S/C15H18N2O2S/c1-8-3-4-12-11(5-8)13(16)14(20-12)15(18)17-9-6-10(7-9)19-2/h3-5,9-10H,6-7,16H2,1-2H3,(H,17,18). The molecule has 0 bridgehead atoms. The highest BCUT2D eigenvalue weighted by Crippen LogP contribution is 2.34. The summed E-state index contributed by atoms with van der Waals surface area (Å²) < 4.78 is 6.27. The molecular weight excluding hydrogens is 272 g/mol. The quantitative estimate of drug-likeness (QED) is 0.913. The van der Waals surface area contributed by atoms with Crippen molar-refractivity contribution in [3.8, 4) is 0 Å². The van der Waals surface area contributed by atoms with Crippen LogP contribution in [-0.2, 0) is 4.74 Å². The molecule has 0 atom stereocenters. The molecule has 2 aromatic rings. The summed E-state index contributed by atoms with van der Waals surface area (Å²) in [6, 6.07) is 6.29. The fourth-order valence-corrected chi connectivity index (χ4v) is 3.53. The molecule has 0 unspecified atom stereocenters. The van der Waals surface area contributed by atoms with Gasteiger partial charge in [-0.1, -0.05) is 11.6 Å². The van der Waals surface area contributed by atoms with E-state index in [1.165, 1.54) is 11.3 Å². The van der Waals surface area contributed by atoms with Crippen molar-refractivity contribution in [3.63, 3.8) is 0 Å². The van der Waals surface area contributed by atoms with Gasteiger partial charge in [-0.2, -0.15) is 0 Å². The Bertz CT molecular complexity index is 659. The first-order valence-electron chi connectivity index (χ1n) is 6.70. The van der Waals surface area contributed by atoms with Crippen LogP contribution in [0.25, 0.3) is 10.1 Å². The highest BCUT2D eigenvalue weighted by molar-refractivity contribution is 7.21. The van der Waals surface area contributed by atoms with E-state index in [9.17, 15) is 4.79 Å². The zero-order chi connectivity index (χ0) is 14.3. The summed E-state index contributed by atoms with van der Waals surface area (Å²) >= 11 is 1.46. The fourth-order valence-electron chi connectivity index (χ4n) is 2.53. The van der Waals surface area contributed by atoms with E-state index in [-0.39, 0.29) is 18.1 Å². The van der Waals surface area contributed by atoms with Gasteiger partial charge in [0.1, 0.15) is 4.88 Å². The molecule has 106 valence electrons. The smallest absolute Gasteiger partial charge is 0.263 e. The van der Waals surface area contributed by atoms with Crippen molar-refractivity contribution in [1.82, 2.24) is 5.32 Å². The zero-order valence-corrected chi connectivity index (χ0v) is 12.4. The van der Waals surface area contributed by atoms with E-state index in [2.05, 4.69) is 5.32 Å². The second kappa shape index (κ2) is 5.07. The van der Waals surface area contributed by atoms with E-state index in [1.54, 1.807) is 7.11 Å². The Labute approximate surface area is 121 Å². The highest BCUT2D eigenvalue weighted by atomic mass is 32.1. The second-order valence-corrected chi connectivity index (χ2v) is 6.40. The SMILES string of the molecule is COC1CC(NC(=O)c2sc3ccc(C)cc3c2N)C1. The van der Waals surface area contributed by atoms with Crippen LogP contribution in [0.2, 0.25) is 0 Å². The number of carbonyl (C=O) groups excluding carboxylic acids is 1. The Hall–Kier alpha value is -1.59. The number of thiophene rings is 1. The number of methoxy groups -OCH3 is 1. The Morgan fingerprint density at radius 2 is 2.20 bits per heavy atom. The normalized spacial score (nSPS) is 21.7. The first-order chi connectivity index (χ1) is 9.58. The Balaban J connectivity index is 1.80. The number of anilines is 1. The fraction of sp³-hybridized carbons (Fsp3) is 0.400. The van der Waals surface area contributed by atoms with E-state index < -0.39 is 0 Å². The lowest BCUT2D eigenvalue weighted by Gasteiger charge is -2.34. The number of benzene rings is 1. The van der Waals surface area contributed by atoms with Crippen molar-refractivity contribution in [2.45, 2.75) is 31.9 Å². The molecule has 0 saturated heterocycles. The van der Waals surface area contributed by atoms with Crippen molar-refractivity contribution in [2.24, 2.45) is 0 Å². The number of carbonyl (C=O) groups is 1. The molecule has 3 rings (SSSR count). The van der Waals surface area contributed by atoms with Gasteiger partial charge in [0.2, 0.25) is 0 Å². The summed E-state index contributed by atoms with van der Waals surface area (Å²) in [4.78, 5) is 12.9. The number of aryl methyl sites for hydroxylation is 1. The van der Waals surface area contributed by atoms with Crippen LogP contribution in [0.4, 0.5) is 5.69 Å². The molecule has 0 radical (unpaired) electrons. The third kappa shape index (κ3) is 2.27. The van der Waals surface area contributed by atoms with Crippen molar-refractivity contribution in [2.75, 3.05) is 12.8 Å². The predicted molar refractivity (Wildman–Crippen MR) is 82.3 cm³/mol. The monoisotopic (exact) mass is 290 g/mol. The Morgan fingerprint density at radius 3 is 2.90 bits per heavy atom. The largest absolute Gasteiger partial charge is 0.397 e. The van der Waals surface area contributed by atoms with Crippen molar-refractivity contribution < 1.29 is 9.53 Å². The van der Waals surface area contributed by atoms with Crippen LogP contribution >= 0.6 is 11.3 Å². The van der Waals surface area contributed by atoms with E-state index in [1.807, 2.05) is 25.1 Å². The van der Waals surface area contributed by atoms with Crippen molar-refractivity contribution >= 4 is 33.0 Å². The predicted octanol–water partition coefficient (Wildman–Crippen LogP) is 2.70. The van der Waals surface area contributed by atoms with Gasteiger partial charge in [-0.25, -0.2) is 0 Å². The van der Waals surface area contributed by atoms with Crippen LogP contribution in [-0.4, -0.2) is 25.2 Å². The van der Waals surface area contributed by atoms with Gasteiger partial charge in [0.05, 0.1) is 11.8 Å². The number of rotatable bonds is 3. The molecule has 1 fully saturated rings. The van der Waals surface area contributed by atoms with Crippen molar-refractivity contribution in [1.29, 1.82) is 0 Å². The zero-order valence-electron chi connectivity index (χ0n) is 11.6. The van der Waals surface area contributed by atoms with E-state index in [4.69, 9.17) is 10.5 Å². The number of nitrogens with one attached hydrogen (secondary N) is 1. The lowest BCUT2D eigenvalue weighted by atomic mass is 9.89. The number of fused-ring (bicyclic) bond motifs is 1. The van der Waals surface area contributed by atoms with E-state index in [0.717, 1.165) is 28.5 Å². The average Bonchev–Trinajstić information content (AvgIpc) is 2.70. The number of nitrogen functional groups attached to an aromatic ring is 1. The number of hydrogen-bond donors (Lipinski definition) is 2. The molecule has 4 nitrogen and oxygen atoms in total. The van der Waals surface area contributed by atoms with Crippen LogP contribution in [0.3, 0.4) is 0 Å². The maximum absolute atomic E-state index is 12.3. The average molecular weight is 290 g/mol. The lowest BCUT2D eigenvalue weighted by molar-refractivity contribution is 0.0177. The van der Waals surface area contributed by atoms with Crippen LogP contribution < -0.4 is 11.1 Å². The van der Waals surface area contributed by atoms with Gasteiger partial charge in [-0.05, 0) is 31.9 Å². The summed E-state index contributed by atoms with van der Waals surface area (Å²) in [5.74, 6) is -0.0686. The third-order valence-electron chi connectivity index (χ3n) is 3.85. The minimum Gasteiger partial charge on any atom is -0.397 e. The summed E-state index contributed by atoms with van der Waals surface area (Å²) in [5.41, 5.74) is 7.86. The van der Waals surface area contributed by atoms with Gasteiger partial charge in [-0.15, -0.1) is 11.3 Å². The molecule has 1 amide bonds. The summed E-state index contributed by atoms with van der Waals surface area (Å²) in [7, 11) is 1.70. The van der Waals surface area contributed by atoms with Gasteiger partial charge in [0.25, 0.3) is 5.91 Å². The maximum Gasteiger partial charge on any atom is 0.263 e. The maximum atomic E-state index is 12.3. The molecule has 0 spiro atoms. The molecule has 1 aliphatic rings. The minimum atomic E-state index is -0.0686. The van der Waals surface area contributed by atoms with Crippen LogP contribution in [0, 0.1) is 6.92 Å². The first-order valence-corrected chi connectivity index (χ1v) is 7.52. The number of ether oxygens (including phenoxy) is 1. The number of hydrogen-bond acceptors (Lipinski definition) is 4. The van der Waals surface area contributed by atoms with Gasteiger partial charge in [0, 0.05) is 23.2 Å². The van der Waals surface area contributed by atoms with Gasteiger partial charge in [0.15, 0.2) is 0 Å². The topological polar surface area (TPSA) is 64.3 Å². The molecule has 1 saturated carbocycles. The summed E-state index contributed by atoms with van der Waals surface area (Å²) in [5, 5.41) is 4.00. The Morgan fingerprint density at radius 1 is 1.45 bits per heavy atom. The second-order valence-electron chi connectivity index (χ2n) is 5.34. The molecular formula is C15H18N2O2S. The molecule has 0 aliphatic heterocycles. The minimum absolute atomic E-state index is 0.0686. The van der Waals surface area contributed by atoms with Crippen LogP contribution in [0.1, 0.15) is 28.1 Å². The molecule has 20 heavy (non-hydrogen) atoms. The van der Waals surface area contributed by atoms with Gasteiger partial charge >= 0.3 is 0 Å². The lowest BCUT2D eigenvalue weighted by Crippen LogP contribution is -2.47. The summed E-state index contributed by atoms with van der Waals surface area (Å²) in [6.07, 6.45) is 2.04.